The first kappa shape index (κ1) is 15.9. The second kappa shape index (κ2) is 6.36. The molecule has 2 aliphatic rings. The summed E-state index contributed by atoms with van der Waals surface area (Å²) in [6.07, 6.45) is 2.48. The molecule has 128 valence electrons. The van der Waals surface area contributed by atoms with Crippen LogP contribution in [0.15, 0.2) is 48.5 Å². The smallest absolute Gasteiger partial charge is 0.258 e. The quantitative estimate of drug-likeness (QED) is 0.841. The fourth-order valence-electron chi connectivity index (χ4n) is 3.87. The van der Waals surface area contributed by atoms with E-state index in [0.717, 1.165) is 37.3 Å². The maximum atomic E-state index is 13.2. The van der Waals surface area contributed by atoms with Gasteiger partial charge in [-0.25, -0.2) is 0 Å². The first-order valence-corrected chi connectivity index (χ1v) is 8.93. The van der Waals surface area contributed by atoms with E-state index in [2.05, 4.69) is 13.0 Å². The van der Waals surface area contributed by atoms with Crippen molar-refractivity contribution in [3.63, 3.8) is 0 Å². The summed E-state index contributed by atoms with van der Waals surface area (Å²) < 4.78 is 0. The molecule has 4 heteroatoms. The SMILES string of the molecule is CC1Cc2ccccc2N(C(=O)c2cccc(N3CCCC3=O)c2)C1. The molecule has 2 aliphatic heterocycles. The second-order valence-corrected chi connectivity index (χ2v) is 7.05. The monoisotopic (exact) mass is 334 g/mol. The lowest BCUT2D eigenvalue weighted by Crippen LogP contribution is -2.39. The Kier molecular flexibility index (Phi) is 4.04. The van der Waals surface area contributed by atoms with E-state index >= 15 is 0 Å². The van der Waals surface area contributed by atoms with E-state index in [0.29, 0.717) is 17.9 Å². The standard InChI is InChI=1S/C21H22N2O2/c1-15-12-16-6-2-3-9-19(16)23(14-15)21(25)17-7-4-8-18(13-17)22-11-5-10-20(22)24/h2-4,6-9,13,15H,5,10-12,14H2,1H3. The maximum absolute atomic E-state index is 13.2. The molecule has 1 unspecified atom stereocenters. The van der Waals surface area contributed by atoms with Gasteiger partial charge in [0.15, 0.2) is 0 Å². The van der Waals surface area contributed by atoms with Gasteiger partial charge in [-0.15, -0.1) is 0 Å². The zero-order chi connectivity index (χ0) is 17.4. The number of para-hydroxylation sites is 1. The van der Waals surface area contributed by atoms with Gasteiger partial charge in [0, 0.05) is 36.4 Å². The van der Waals surface area contributed by atoms with Crippen LogP contribution in [0.5, 0.6) is 0 Å². The summed E-state index contributed by atoms with van der Waals surface area (Å²) in [5.41, 5.74) is 3.70. The van der Waals surface area contributed by atoms with Gasteiger partial charge in [0.25, 0.3) is 5.91 Å². The van der Waals surface area contributed by atoms with Gasteiger partial charge in [0.05, 0.1) is 0 Å². The van der Waals surface area contributed by atoms with Gasteiger partial charge in [-0.2, -0.15) is 0 Å². The lowest BCUT2D eigenvalue weighted by Gasteiger charge is -2.33. The van der Waals surface area contributed by atoms with Crippen LogP contribution >= 0.6 is 0 Å². The zero-order valence-corrected chi connectivity index (χ0v) is 14.4. The van der Waals surface area contributed by atoms with Crippen LogP contribution < -0.4 is 9.80 Å². The van der Waals surface area contributed by atoms with Crippen molar-refractivity contribution in [2.75, 3.05) is 22.9 Å². The Morgan fingerprint density at radius 3 is 2.76 bits per heavy atom. The fourth-order valence-corrected chi connectivity index (χ4v) is 3.87. The van der Waals surface area contributed by atoms with Crippen molar-refractivity contribution in [1.29, 1.82) is 0 Å². The molecule has 0 aromatic heterocycles. The van der Waals surface area contributed by atoms with Crippen LogP contribution in [0, 0.1) is 5.92 Å². The third-order valence-electron chi connectivity index (χ3n) is 5.07. The van der Waals surface area contributed by atoms with Crippen molar-refractivity contribution < 1.29 is 9.59 Å². The number of nitrogens with zero attached hydrogens (tertiary/aromatic N) is 2. The minimum atomic E-state index is 0.00694. The van der Waals surface area contributed by atoms with E-state index < -0.39 is 0 Å². The third kappa shape index (κ3) is 2.93. The van der Waals surface area contributed by atoms with Crippen LogP contribution in [0.25, 0.3) is 0 Å². The van der Waals surface area contributed by atoms with Crippen molar-refractivity contribution >= 4 is 23.2 Å². The molecule has 2 aromatic carbocycles. The summed E-state index contributed by atoms with van der Waals surface area (Å²) in [4.78, 5) is 28.8. The normalized spacial score (nSPS) is 19.9. The summed E-state index contributed by atoms with van der Waals surface area (Å²) in [6.45, 7) is 3.64. The first-order chi connectivity index (χ1) is 12.1. The second-order valence-electron chi connectivity index (χ2n) is 7.05. The summed E-state index contributed by atoms with van der Waals surface area (Å²) in [5.74, 6) is 0.580. The molecule has 1 saturated heterocycles. The highest BCUT2D eigenvalue weighted by atomic mass is 16.2. The number of hydrogen-bond donors (Lipinski definition) is 0. The minimum absolute atomic E-state index is 0.00694. The molecule has 2 heterocycles. The molecule has 0 N–H and O–H groups in total. The van der Waals surface area contributed by atoms with Gasteiger partial charge < -0.3 is 9.80 Å². The largest absolute Gasteiger partial charge is 0.312 e. The van der Waals surface area contributed by atoms with E-state index in [1.54, 1.807) is 4.90 Å². The van der Waals surface area contributed by atoms with E-state index in [1.807, 2.05) is 47.4 Å². The molecule has 2 aromatic rings. The number of carbonyl (C=O) groups excluding carboxylic acids is 2. The molecule has 2 amide bonds. The van der Waals surface area contributed by atoms with E-state index in [1.165, 1.54) is 5.56 Å². The molecule has 0 aliphatic carbocycles. The molecular formula is C21H22N2O2. The van der Waals surface area contributed by atoms with E-state index in [4.69, 9.17) is 0 Å². The molecule has 0 radical (unpaired) electrons. The zero-order valence-electron chi connectivity index (χ0n) is 14.4. The lowest BCUT2D eigenvalue weighted by molar-refractivity contribution is -0.117. The number of benzene rings is 2. The summed E-state index contributed by atoms with van der Waals surface area (Å²) in [5, 5.41) is 0. The third-order valence-corrected chi connectivity index (χ3v) is 5.07. The predicted octanol–water partition coefficient (Wildman–Crippen LogP) is 3.65. The summed E-state index contributed by atoms with van der Waals surface area (Å²) >= 11 is 0. The topological polar surface area (TPSA) is 40.6 Å². The van der Waals surface area contributed by atoms with Crippen LogP contribution in [-0.2, 0) is 11.2 Å². The highest BCUT2D eigenvalue weighted by Gasteiger charge is 2.28. The molecule has 25 heavy (non-hydrogen) atoms. The highest BCUT2D eigenvalue weighted by Crippen LogP contribution is 2.31. The van der Waals surface area contributed by atoms with Gasteiger partial charge in [0.2, 0.25) is 5.91 Å². The predicted molar refractivity (Wildman–Crippen MR) is 99.0 cm³/mol. The molecule has 0 spiro atoms. The van der Waals surface area contributed by atoms with Crippen molar-refractivity contribution in [3.8, 4) is 0 Å². The van der Waals surface area contributed by atoms with Crippen molar-refractivity contribution in [2.45, 2.75) is 26.2 Å². The molecule has 4 nitrogen and oxygen atoms in total. The highest BCUT2D eigenvalue weighted by molar-refractivity contribution is 6.08. The van der Waals surface area contributed by atoms with Crippen LogP contribution in [0.1, 0.15) is 35.7 Å². The van der Waals surface area contributed by atoms with E-state index in [9.17, 15) is 9.59 Å². The van der Waals surface area contributed by atoms with Gasteiger partial charge in [-0.1, -0.05) is 31.2 Å². The van der Waals surface area contributed by atoms with Crippen LogP contribution in [0.4, 0.5) is 11.4 Å². The average Bonchev–Trinajstić information content (AvgIpc) is 3.06. The van der Waals surface area contributed by atoms with Crippen LogP contribution in [0.3, 0.4) is 0 Å². The van der Waals surface area contributed by atoms with Crippen molar-refractivity contribution in [2.24, 2.45) is 5.92 Å². The Balaban J connectivity index is 1.66. The average molecular weight is 334 g/mol. The molecule has 0 bridgehead atoms. The Morgan fingerprint density at radius 2 is 1.96 bits per heavy atom. The lowest BCUT2D eigenvalue weighted by atomic mass is 9.93. The number of amides is 2. The van der Waals surface area contributed by atoms with Gasteiger partial charge >= 0.3 is 0 Å². The maximum Gasteiger partial charge on any atom is 0.258 e. The number of carbonyl (C=O) groups is 2. The molecule has 0 saturated carbocycles. The molecule has 1 fully saturated rings. The van der Waals surface area contributed by atoms with Crippen molar-refractivity contribution in [3.05, 3.63) is 59.7 Å². The summed E-state index contributed by atoms with van der Waals surface area (Å²) in [7, 11) is 0. The summed E-state index contributed by atoms with van der Waals surface area (Å²) in [6, 6.07) is 15.6. The Bertz CT molecular complexity index is 830. The molecular weight excluding hydrogens is 312 g/mol. The number of hydrogen-bond acceptors (Lipinski definition) is 2. The Labute approximate surface area is 148 Å². The number of anilines is 2. The fraction of sp³-hybridized carbons (Fsp3) is 0.333. The van der Waals surface area contributed by atoms with Crippen LogP contribution in [0.2, 0.25) is 0 Å². The first-order valence-electron chi connectivity index (χ1n) is 8.93. The van der Waals surface area contributed by atoms with Crippen molar-refractivity contribution in [1.82, 2.24) is 0 Å². The number of fused-ring (bicyclic) bond motifs is 1. The number of rotatable bonds is 2. The van der Waals surface area contributed by atoms with Gasteiger partial charge in [-0.05, 0) is 48.6 Å². The Hall–Kier alpha value is -2.62. The molecule has 1 atom stereocenters. The van der Waals surface area contributed by atoms with Gasteiger partial charge in [0.1, 0.15) is 0 Å². The van der Waals surface area contributed by atoms with E-state index in [-0.39, 0.29) is 11.8 Å². The molecule has 4 rings (SSSR count). The van der Waals surface area contributed by atoms with Gasteiger partial charge in [-0.3, -0.25) is 9.59 Å². The van der Waals surface area contributed by atoms with Crippen LogP contribution in [-0.4, -0.2) is 24.9 Å². The Morgan fingerprint density at radius 1 is 1.12 bits per heavy atom. The minimum Gasteiger partial charge on any atom is -0.312 e.